The molecule has 0 bridgehead atoms. The van der Waals surface area contributed by atoms with Crippen molar-refractivity contribution in [2.75, 3.05) is 23.7 Å². The molecule has 4 N–H and O–H groups in total. The van der Waals surface area contributed by atoms with E-state index in [0.29, 0.717) is 22.8 Å². The highest BCUT2D eigenvalue weighted by molar-refractivity contribution is 7.19. The number of carbonyl (C=O) groups is 2. The number of hydrogen-bond donors (Lipinski definition) is 2. The molecule has 1 saturated heterocycles. The number of thiophene rings is 1. The van der Waals surface area contributed by atoms with Crippen LogP contribution in [0.5, 0.6) is 0 Å². The monoisotopic (exact) mass is 295 g/mol. The predicted molar refractivity (Wildman–Crippen MR) is 82.5 cm³/mol. The Balaban J connectivity index is 2.42. The van der Waals surface area contributed by atoms with Gasteiger partial charge in [0, 0.05) is 19.5 Å². The van der Waals surface area contributed by atoms with Gasteiger partial charge in [-0.1, -0.05) is 20.3 Å². The van der Waals surface area contributed by atoms with Gasteiger partial charge < -0.3 is 16.4 Å². The molecule has 0 radical (unpaired) electrons. The van der Waals surface area contributed by atoms with Gasteiger partial charge in [-0.3, -0.25) is 9.59 Å². The van der Waals surface area contributed by atoms with Crippen LogP contribution in [-0.4, -0.2) is 24.8 Å². The van der Waals surface area contributed by atoms with Gasteiger partial charge in [-0.2, -0.15) is 0 Å². The molecule has 20 heavy (non-hydrogen) atoms. The first-order valence-corrected chi connectivity index (χ1v) is 7.81. The van der Waals surface area contributed by atoms with E-state index < -0.39 is 5.91 Å². The van der Waals surface area contributed by atoms with Crippen LogP contribution in [0.15, 0.2) is 0 Å². The number of carbonyl (C=O) groups excluding carboxylic acids is 2. The zero-order valence-corrected chi connectivity index (χ0v) is 12.8. The molecule has 1 aromatic heterocycles. The summed E-state index contributed by atoms with van der Waals surface area (Å²) in [7, 11) is 0. The lowest BCUT2D eigenvalue weighted by Crippen LogP contribution is -2.23. The number of nitrogen functional groups attached to an aromatic ring is 1. The van der Waals surface area contributed by atoms with Gasteiger partial charge in [0.25, 0.3) is 5.91 Å². The molecule has 1 aromatic rings. The van der Waals surface area contributed by atoms with E-state index in [9.17, 15) is 9.59 Å². The normalized spacial score (nSPS) is 18.5. The number of anilines is 2. The van der Waals surface area contributed by atoms with Crippen LogP contribution in [0.3, 0.4) is 0 Å². The fourth-order valence-corrected chi connectivity index (χ4v) is 3.88. The maximum atomic E-state index is 11.9. The van der Waals surface area contributed by atoms with Crippen molar-refractivity contribution in [3.63, 3.8) is 0 Å². The van der Waals surface area contributed by atoms with Crippen molar-refractivity contribution in [2.24, 2.45) is 11.7 Å². The van der Waals surface area contributed by atoms with Crippen LogP contribution in [0.2, 0.25) is 0 Å². The largest absolute Gasteiger partial charge is 0.397 e. The maximum Gasteiger partial charge on any atom is 0.253 e. The Labute approximate surface area is 122 Å². The van der Waals surface area contributed by atoms with Gasteiger partial charge in [0.15, 0.2) is 5.78 Å². The fraction of sp³-hybridized carbons (Fsp3) is 0.571. The molecule has 6 heteroatoms. The second-order valence-electron chi connectivity index (χ2n) is 5.17. The van der Waals surface area contributed by atoms with Crippen LogP contribution in [0.4, 0.5) is 10.7 Å². The molecule has 1 fully saturated rings. The topological polar surface area (TPSA) is 89.4 Å². The number of hydrogen-bond acceptors (Lipinski definition) is 5. The zero-order chi connectivity index (χ0) is 14.9. The molecule has 0 spiro atoms. The van der Waals surface area contributed by atoms with Crippen LogP contribution in [0, 0.1) is 5.92 Å². The SMILES string of the molecule is CCC(=O)c1sc(N2CCC(CC)C2)c(C(N)=O)c1N. The molecule has 110 valence electrons. The molecule has 5 nitrogen and oxygen atoms in total. The summed E-state index contributed by atoms with van der Waals surface area (Å²) in [5.74, 6) is 0.0423. The van der Waals surface area contributed by atoms with Crippen molar-refractivity contribution in [2.45, 2.75) is 33.1 Å². The van der Waals surface area contributed by atoms with E-state index in [2.05, 4.69) is 11.8 Å². The zero-order valence-electron chi connectivity index (χ0n) is 11.9. The fourth-order valence-electron chi connectivity index (χ4n) is 2.61. The highest BCUT2D eigenvalue weighted by atomic mass is 32.1. The molecule has 0 saturated carbocycles. The lowest BCUT2D eigenvalue weighted by atomic mass is 10.1. The number of ketones is 1. The van der Waals surface area contributed by atoms with E-state index in [4.69, 9.17) is 11.5 Å². The highest BCUT2D eigenvalue weighted by Crippen LogP contribution is 2.41. The van der Waals surface area contributed by atoms with E-state index >= 15 is 0 Å². The number of Topliss-reactive ketones (excluding diaryl/α,β-unsaturated/α-hetero) is 1. The standard InChI is InChI=1S/C14H21N3O2S/c1-3-8-5-6-17(7-8)14-10(13(16)19)11(15)12(20-14)9(18)4-2/h8H,3-7,15H2,1-2H3,(H2,16,19). The Morgan fingerprint density at radius 1 is 1.40 bits per heavy atom. The van der Waals surface area contributed by atoms with Crippen LogP contribution in [-0.2, 0) is 0 Å². The van der Waals surface area contributed by atoms with Crippen LogP contribution in [0.25, 0.3) is 0 Å². The van der Waals surface area contributed by atoms with Gasteiger partial charge in [-0.15, -0.1) is 11.3 Å². The van der Waals surface area contributed by atoms with E-state index in [1.54, 1.807) is 6.92 Å². The van der Waals surface area contributed by atoms with Crippen molar-refractivity contribution in [1.82, 2.24) is 0 Å². The van der Waals surface area contributed by atoms with Crippen molar-refractivity contribution >= 4 is 33.7 Å². The Hall–Kier alpha value is -1.56. The number of rotatable bonds is 5. The van der Waals surface area contributed by atoms with Crippen LogP contribution < -0.4 is 16.4 Å². The lowest BCUT2D eigenvalue weighted by Gasteiger charge is -2.17. The smallest absolute Gasteiger partial charge is 0.253 e. The highest BCUT2D eigenvalue weighted by Gasteiger charge is 2.30. The minimum absolute atomic E-state index is 0.0347. The van der Waals surface area contributed by atoms with E-state index in [0.717, 1.165) is 30.9 Å². The van der Waals surface area contributed by atoms with E-state index in [1.807, 2.05) is 0 Å². The van der Waals surface area contributed by atoms with Crippen LogP contribution >= 0.6 is 11.3 Å². The molecular weight excluding hydrogens is 274 g/mol. The van der Waals surface area contributed by atoms with Crippen molar-refractivity contribution in [1.29, 1.82) is 0 Å². The van der Waals surface area contributed by atoms with Crippen molar-refractivity contribution < 1.29 is 9.59 Å². The maximum absolute atomic E-state index is 11.9. The van der Waals surface area contributed by atoms with E-state index in [1.165, 1.54) is 11.3 Å². The molecular formula is C14H21N3O2S. The van der Waals surface area contributed by atoms with Crippen molar-refractivity contribution in [3.8, 4) is 0 Å². The first-order valence-electron chi connectivity index (χ1n) is 6.99. The van der Waals surface area contributed by atoms with Gasteiger partial charge >= 0.3 is 0 Å². The first kappa shape index (κ1) is 14.8. The molecule has 1 atom stereocenters. The van der Waals surface area contributed by atoms with E-state index in [-0.39, 0.29) is 11.5 Å². The molecule has 2 heterocycles. The summed E-state index contributed by atoms with van der Waals surface area (Å²) in [6.07, 6.45) is 2.59. The van der Waals surface area contributed by atoms with Crippen molar-refractivity contribution in [3.05, 3.63) is 10.4 Å². The quantitative estimate of drug-likeness (QED) is 0.815. The molecule has 1 aliphatic rings. The molecule has 1 unspecified atom stereocenters. The molecule has 1 amide bonds. The second kappa shape index (κ2) is 5.83. The van der Waals surface area contributed by atoms with Crippen LogP contribution in [0.1, 0.15) is 53.1 Å². The average Bonchev–Trinajstić information content (AvgIpc) is 3.01. The van der Waals surface area contributed by atoms with Gasteiger partial charge in [0.2, 0.25) is 0 Å². The van der Waals surface area contributed by atoms with Gasteiger partial charge in [-0.05, 0) is 12.3 Å². The van der Waals surface area contributed by atoms with Gasteiger partial charge in [0.1, 0.15) is 5.00 Å². The molecule has 0 aliphatic carbocycles. The number of primary amides is 1. The third kappa shape index (κ3) is 2.52. The average molecular weight is 295 g/mol. The van der Waals surface area contributed by atoms with Gasteiger partial charge in [0.05, 0.1) is 16.1 Å². The molecule has 0 aromatic carbocycles. The first-order chi connectivity index (χ1) is 9.49. The minimum Gasteiger partial charge on any atom is -0.397 e. The summed E-state index contributed by atoms with van der Waals surface area (Å²) in [4.78, 5) is 26.2. The van der Waals surface area contributed by atoms with Gasteiger partial charge in [-0.25, -0.2) is 0 Å². The Kier molecular flexibility index (Phi) is 4.32. The predicted octanol–water partition coefficient (Wildman–Crippen LogP) is 2.26. The Morgan fingerprint density at radius 3 is 2.60 bits per heavy atom. The Bertz CT molecular complexity index is 539. The summed E-state index contributed by atoms with van der Waals surface area (Å²) < 4.78 is 0. The summed E-state index contributed by atoms with van der Waals surface area (Å²) in [6.45, 7) is 5.74. The third-order valence-corrected chi connectivity index (χ3v) is 5.21. The number of amides is 1. The summed E-state index contributed by atoms with van der Waals surface area (Å²) in [6, 6.07) is 0. The lowest BCUT2D eigenvalue weighted by molar-refractivity contribution is 0.0991. The number of nitrogens with zero attached hydrogens (tertiary/aromatic N) is 1. The Morgan fingerprint density at radius 2 is 2.10 bits per heavy atom. The third-order valence-electron chi connectivity index (χ3n) is 3.90. The summed E-state index contributed by atoms with van der Waals surface area (Å²) in [5.41, 5.74) is 12.0. The second-order valence-corrected chi connectivity index (χ2v) is 6.17. The molecule has 1 aliphatic heterocycles. The number of nitrogens with two attached hydrogens (primary N) is 2. The summed E-state index contributed by atoms with van der Waals surface area (Å²) in [5, 5.41) is 0.766. The molecule has 2 rings (SSSR count). The summed E-state index contributed by atoms with van der Waals surface area (Å²) >= 11 is 1.31. The minimum atomic E-state index is -0.552.